The van der Waals surface area contributed by atoms with Crippen molar-refractivity contribution in [1.82, 2.24) is 24.8 Å². The molecule has 0 spiro atoms. The smallest absolute Gasteiger partial charge is 0.274 e. The molecule has 21 heavy (non-hydrogen) atoms. The summed E-state index contributed by atoms with van der Waals surface area (Å²) in [6.07, 6.45) is 1.66. The van der Waals surface area contributed by atoms with Gasteiger partial charge in [-0.25, -0.2) is 4.68 Å². The maximum absolute atomic E-state index is 12.6. The lowest BCUT2D eigenvalue weighted by atomic mass is 10.2. The molecule has 0 saturated carbocycles. The topological polar surface area (TPSA) is 94.1 Å². The van der Waals surface area contributed by atoms with E-state index in [0.717, 1.165) is 17.5 Å². The van der Waals surface area contributed by atoms with Crippen molar-refractivity contribution in [2.24, 2.45) is 7.05 Å². The molecule has 110 valence electrons. The average molecular weight is 289 g/mol. The fraction of sp³-hybridized carbons (Fsp3) is 0.462. The Hall–Kier alpha value is -2.51. The first-order valence-corrected chi connectivity index (χ1v) is 6.72. The normalized spacial score (nSPS) is 18.2. The number of aryl methyl sites for hydroxylation is 2. The molecular weight excluding hydrogens is 274 g/mol. The number of aromatic nitrogens is 4. The molecule has 0 aliphatic carbocycles. The summed E-state index contributed by atoms with van der Waals surface area (Å²) in [5.74, 6) is 0.767. The molecule has 0 unspecified atom stereocenters. The van der Waals surface area contributed by atoms with E-state index in [1.807, 2.05) is 0 Å². The van der Waals surface area contributed by atoms with E-state index in [4.69, 9.17) is 4.52 Å². The van der Waals surface area contributed by atoms with Gasteiger partial charge in [-0.1, -0.05) is 5.16 Å². The Kier molecular flexibility index (Phi) is 3.28. The van der Waals surface area contributed by atoms with Crippen molar-refractivity contribution in [2.75, 3.05) is 6.54 Å². The quantitative estimate of drug-likeness (QED) is 0.796. The highest BCUT2D eigenvalue weighted by molar-refractivity contribution is 5.92. The molecule has 1 aliphatic rings. The molecule has 8 heteroatoms. The van der Waals surface area contributed by atoms with Crippen LogP contribution in [0.2, 0.25) is 0 Å². The second-order valence-corrected chi connectivity index (χ2v) is 5.01. The lowest BCUT2D eigenvalue weighted by Crippen LogP contribution is -2.33. The number of carbonyl (C=O) groups excluding carboxylic acids is 1. The fourth-order valence-corrected chi connectivity index (χ4v) is 2.49. The molecule has 1 saturated heterocycles. The molecule has 0 N–H and O–H groups in total. The molecule has 2 aromatic rings. The molecule has 1 aliphatic heterocycles. The van der Waals surface area contributed by atoms with Crippen LogP contribution < -0.4 is 5.56 Å². The third-order valence-electron chi connectivity index (χ3n) is 3.53. The second kappa shape index (κ2) is 5.12. The maximum Gasteiger partial charge on any atom is 0.274 e. The summed E-state index contributed by atoms with van der Waals surface area (Å²) in [5, 5.41) is 7.90. The van der Waals surface area contributed by atoms with Crippen LogP contribution in [0.25, 0.3) is 0 Å². The minimum Gasteiger partial charge on any atom is -0.340 e. The van der Waals surface area contributed by atoms with E-state index in [2.05, 4.69) is 15.2 Å². The van der Waals surface area contributed by atoms with E-state index in [9.17, 15) is 9.59 Å². The van der Waals surface area contributed by atoms with E-state index < -0.39 is 0 Å². The minimum absolute atomic E-state index is 0.200. The van der Waals surface area contributed by atoms with Gasteiger partial charge >= 0.3 is 0 Å². The first-order valence-electron chi connectivity index (χ1n) is 6.72. The summed E-state index contributed by atoms with van der Waals surface area (Å²) < 4.78 is 6.14. The van der Waals surface area contributed by atoms with Crippen molar-refractivity contribution in [1.29, 1.82) is 0 Å². The SMILES string of the molecule is Cc1nc([C@@H]2CCCN2C(=O)c2ccc(=O)n(C)n2)no1. The van der Waals surface area contributed by atoms with Crippen molar-refractivity contribution in [3.63, 3.8) is 0 Å². The van der Waals surface area contributed by atoms with Crippen LogP contribution in [-0.2, 0) is 7.05 Å². The summed E-state index contributed by atoms with van der Waals surface area (Å²) in [7, 11) is 1.52. The predicted octanol–water partition coefficient (Wildman–Crippen LogP) is 0.449. The van der Waals surface area contributed by atoms with E-state index in [1.165, 1.54) is 19.2 Å². The molecule has 0 bridgehead atoms. The van der Waals surface area contributed by atoms with Crippen LogP contribution in [0.1, 0.15) is 41.1 Å². The Morgan fingerprint density at radius 1 is 1.43 bits per heavy atom. The second-order valence-electron chi connectivity index (χ2n) is 5.01. The zero-order valence-electron chi connectivity index (χ0n) is 11.8. The van der Waals surface area contributed by atoms with Crippen LogP contribution in [0.15, 0.2) is 21.5 Å². The largest absolute Gasteiger partial charge is 0.340 e. The van der Waals surface area contributed by atoms with Crippen molar-refractivity contribution in [3.8, 4) is 0 Å². The van der Waals surface area contributed by atoms with Gasteiger partial charge in [-0.15, -0.1) is 0 Å². The Bertz CT molecular complexity index is 735. The van der Waals surface area contributed by atoms with Crippen LogP contribution >= 0.6 is 0 Å². The summed E-state index contributed by atoms with van der Waals surface area (Å²) in [4.78, 5) is 29.8. The van der Waals surface area contributed by atoms with Crippen molar-refractivity contribution in [2.45, 2.75) is 25.8 Å². The highest BCUT2D eigenvalue weighted by atomic mass is 16.5. The number of rotatable bonds is 2. The van der Waals surface area contributed by atoms with Crippen LogP contribution in [0, 0.1) is 6.92 Å². The van der Waals surface area contributed by atoms with E-state index in [0.29, 0.717) is 18.3 Å². The van der Waals surface area contributed by atoms with Gasteiger partial charge < -0.3 is 9.42 Å². The van der Waals surface area contributed by atoms with Crippen LogP contribution in [0.4, 0.5) is 0 Å². The van der Waals surface area contributed by atoms with Crippen LogP contribution in [-0.4, -0.2) is 37.3 Å². The molecule has 8 nitrogen and oxygen atoms in total. The van der Waals surface area contributed by atoms with E-state index in [-0.39, 0.29) is 23.2 Å². The van der Waals surface area contributed by atoms with Crippen molar-refractivity contribution >= 4 is 5.91 Å². The van der Waals surface area contributed by atoms with Crippen molar-refractivity contribution in [3.05, 3.63) is 39.9 Å². The number of hydrogen-bond acceptors (Lipinski definition) is 6. The molecule has 1 fully saturated rings. The van der Waals surface area contributed by atoms with Crippen LogP contribution in [0.3, 0.4) is 0 Å². The highest BCUT2D eigenvalue weighted by Gasteiger charge is 2.34. The predicted molar refractivity (Wildman–Crippen MR) is 71.5 cm³/mol. The zero-order valence-corrected chi connectivity index (χ0v) is 11.8. The van der Waals surface area contributed by atoms with Gasteiger partial charge in [0.2, 0.25) is 5.89 Å². The Balaban J connectivity index is 1.89. The third-order valence-corrected chi connectivity index (χ3v) is 3.53. The minimum atomic E-state index is -0.252. The maximum atomic E-state index is 12.6. The third kappa shape index (κ3) is 2.44. The highest BCUT2D eigenvalue weighted by Crippen LogP contribution is 2.31. The standard InChI is InChI=1S/C13H15N5O3/c1-8-14-12(16-21-8)10-4-3-7-18(10)13(20)9-5-6-11(19)17(2)15-9/h5-6,10H,3-4,7H2,1-2H3/t10-/m0/s1. The van der Waals surface area contributed by atoms with Gasteiger partial charge in [0.05, 0.1) is 6.04 Å². The molecule has 1 atom stereocenters. The number of carbonyl (C=O) groups is 1. The summed E-state index contributed by atoms with van der Waals surface area (Å²) in [5.41, 5.74) is -0.0115. The lowest BCUT2D eigenvalue weighted by Gasteiger charge is -2.21. The Morgan fingerprint density at radius 2 is 2.24 bits per heavy atom. The first kappa shape index (κ1) is 13.5. The van der Waals surface area contributed by atoms with Gasteiger partial charge in [0.1, 0.15) is 5.69 Å². The number of likely N-dealkylation sites (tertiary alicyclic amines) is 1. The lowest BCUT2D eigenvalue weighted by molar-refractivity contribution is 0.0719. The summed E-state index contributed by atoms with van der Waals surface area (Å²) in [6, 6.07) is 2.58. The van der Waals surface area contributed by atoms with Gasteiger partial charge in [0.25, 0.3) is 11.5 Å². The fourth-order valence-electron chi connectivity index (χ4n) is 2.49. The molecule has 2 aromatic heterocycles. The summed E-state index contributed by atoms with van der Waals surface area (Å²) in [6.45, 7) is 2.33. The Morgan fingerprint density at radius 3 is 2.90 bits per heavy atom. The number of amides is 1. The molecule has 0 radical (unpaired) electrons. The summed E-state index contributed by atoms with van der Waals surface area (Å²) >= 11 is 0. The molecular formula is C13H15N5O3. The number of hydrogen-bond donors (Lipinski definition) is 0. The van der Waals surface area contributed by atoms with Gasteiger partial charge in [-0.3, -0.25) is 9.59 Å². The molecule has 0 aromatic carbocycles. The van der Waals surface area contributed by atoms with E-state index in [1.54, 1.807) is 11.8 Å². The van der Waals surface area contributed by atoms with Gasteiger partial charge in [0.15, 0.2) is 5.82 Å². The monoisotopic (exact) mass is 289 g/mol. The molecule has 3 rings (SSSR count). The molecule has 3 heterocycles. The van der Waals surface area contributed by atoms with Crippen molar-refractivity contribution < 1.29 is 9.32 Å². The van der Waals surface area contributed by atoms with Crippen LogP contribution in [0.5, 0.6) is 0 Å². The van der Waals surface area contributed by atoms with Gasteiger partial charge in [0, 0.05) is 26.6 Å². The van der Waals surface area contributed by atoms with E-state index >= 15 is 0 Å². The van der Waals surface area contributed by atoms with Gasteiger partial charge in [-0.2, -0.15) is 10.1 Å². The van der Waals surface area contributed by atoms with Gasteiger partial charge in [-0.05, 0) is 18.9 Å². The molecule has 1 amide bonds. The first-order chi connectivity index (χ1) is 10.1. The zero-order chi connectivity index (χ0) is 15.0. The number of nitrogens with zero attached hydrogens (tertiary/aromatic N) is 5. The average Bonchev–Trinajstić information content (AvgIpc) is 3.09. The Labute approximate surface area is 120 Å².